The lowest BCUT2D eigenvalue weighted by Gasteiger charge is -2.42. The van der Waals surface area contributed by atoms with E-state index in [0.717, 1.165) is 6.54 Å². The molecule has 4 unspecified atom stereocenters. The van der Waals surface area contributed by atoms with E-state index in [-0.39, 0.29) is 0 Å². The molecule has 0 aromatic heterocycles. The van der Waals surface area contributed by atoms with Gasteiger partial charge in [-0.2, -0.15) is 0 Å². The van der Waals surface area contributed by atoms with Crippen LogP contribution in [0, 0.1) is 17.8 Å². The summed E-state index contributed by atoms with van der Waals surface area (Å²) in [6.45, 7) is 1.09. The van der Waals surface area contributed by atoms with Crippen LogP contribution in [0.4, 0.5) is 0 Å². The minimum absolute atomic E-state index is 0.500. The van der Waals surface area contributed by atoms with Gasteiger partial charge >= 0.3 is 0 Å². The molecule has 4 atom stereocenters. The van der Waals surface area contributed by atoms with E-state index in [9.17, 15) is 0 Å². The summed E-state index contributed by atoms with van der Waals surface area (Å²) in [5.41, 5.74) is 15.8. The number of hydrogen-bond acceptors (Lipinski definition) is 1. The van der Waals surface area contributed by atoms with Gasteiger partial charge in [0, 0.05) is 24.6 Å². The fourth-order valence-electron chi connectivity index (χ4n) is 8.97. The third-order valence-electron chi connectivity index (χ3n) is 11.1. The second-order valence-electron chi connectivity index (χ2n) is 13.3. The van der Waals surface area contributed by atoms with Gasteiger partial charge in [0.15, 0.2) is 0 Å². The fourth-order valence-corrected chi connectivity index (χ4v) is 8.97. The molecule has 43 heavy (non-hydrogen) atoms. The van der Waals surface area contributed by atoms with Crippen molar-refractivity contribution in [2.75, 3.05) is 6.54 Å². The molecule has 216 valence electrons. The Bertz CT molecular complexity index is 1640. The molecule has 0 saturated carbocycles. The Morgan fingerprint density at radius 3 is 1.84 bits per heavy atom. The maximum Gasteiger partial charge on any atom is 0.0182 e. The van der Waals surface area contributed by atoms with Crippen LogP contribution in [0.2, 0.25) is 0 Å². The van der Waals surface area contributed by atoms with Gasteiger partial charge in [-0.1, -0.05) is 109 Å². The molecular formula is C42H43N. The van der Waals surface area contributed by atoms with Crippen LogP contribution in [0.5, 0.6) is 0 Å². The first-order valence-electron chi connectivity index (χ1n) is 16.8. The van der Waals surface area contributed by atoms with Gasteiger partial charge in [0.2, 0.25) is 0 Å². The van der Waals surface area contributed by atoms with Gasteiger partial charge in [0.25, 0.3) is 0 Å². The largest absolute Gasteiger partial charge is 0.390 e. The van der Waals surface area contributed by atoms with Gasteiger partial charge in [0.05, 0.1) is 0 Å². The molecule has 1 nitrogen and oxygen atoms in total. The van der Waals surface area contributed by atoms with Crippen molar-refractivity contribution in [1.82, 2.24) is 5.32 Å². The summed E-state index contributed by atoms with van der Waals surface area (Å²) in [6.07, 6.45) is 41.8. The highest BCUT2D eigenvalue weighted by atomic mass is 14.8. The lowest BCUT2D eigenvalue weighted by molar-refractivity contribution is 0.391. The first-order valence-corrected chi connectivity index (χ1v) is 16.8. The molecular weight excluding hydrogens is 518 g/mol. The lowest BCUT2D eigenvalue weighted by Crippen LogP contribution is -2.29. The Morgan fingerprint density at radius 1 is 0.535 bits per heavy atom. The van der Waals surface area contributed by atoms with Crippen LogP contribution in [0.1, 0.15) is 69.3 Å². The smallest absolute Gasteiger partial charge is 0.0182 e. The van der Waals surface area contributed by atoms with Crippen molar-refractivity contribution in [3.63, 3.8) is 0 Å². The van der Waals surface area contributed by atoms with E-state index in [4.69, 9.17) is 0 Å². The van der Waals surface area contributed by atoms with Crippen LogP contribution in [0.3, 0.4) is 0 Å². The summed E-state index contributed by atoms with van der Waals surface area (Å²) in [6, 6.07) is 11.2. The van der Waals surface area contributed by atoms with Crippen molar-refractivity contribution in [1.29, 1.82) is 0 Å². The van der Waals surface area contributed by atoms with Crippen molar-refractivity contribution in [2.24, 2.45) is 17.8 Å². The molecule has 1 N–H and O–H groups in total. The molecule has 0 fully saturated rings. The Balaban J connectivity index is 1.06. The van der Waals surface area contributed by atoms with E-state index in [1.54, 1.807) is 39.0 Å². The quantitative estimate of drug-likeness (QED) is 0.377. The third kappa shape index (κ3) is 5.07. The second kappa shape index (κ2) is 11.7. The van der Waals surface area contributed by atoms with E-state index in [2.05, 4.69) is 115 Å². The maximum absolute atomic E-state index is 3.38. The zero-order chi connectivity index (χ0) is 28.6. The third-order valence-corrected chi connectivity index (χ3v) is 11.1. The normalized spacial score (nSPS) is 29.7. The predicted molar refractivity (Wildman–Crippen MR) is 180 cm³/mol. The van der Waals surface area contributed by atoms with Crippen molar-refractivity contribution >= 4 is 0 Å². The van der Waals surface area contributed by atoms with E-state index in [1.807, 2.05) is 0 Å². The highest BCUT2D eigenvalue weighted by molar-refractivity contribution is 5.54. The van der Waals surface area contributed by atoms with E-state index in [1.165, 1.54) is 74.5 Å². The summed E-state index contributed by atoms with van der Waals surface area (Å²) in [5, 5.41) is 3.38. The molecule has 8 rings (SSSR count). The molecule has 7 aliphatic rings. The summed E-state index contributed by atoms with van der Waals surface area (Å²) in [5.74, 6) is 2.20. The minimum Gasteiger partial charge on any atom is -0.390 e. The summed E-state index contributed by atoms with van der Waals surface area (Å²) >= 11 is 0. The van der Waals surface area contributed by atoms with Crippen LogP contribution in [-0.4, -0.2) is 6.54 Å². The average Bonchev–Trinajstić information content (AvgIpc) is 3.63. The standard InChI is InChI=1S/C42H43N/c1-2-8-32(9-3-1)35-22-24-41(39-12-6-4-10-37(35)39)42-25-23-36(38-11-5-7-13-40(38)42)33-20-18-30(19-21-33)29-14-16-31(17-15-29)34-26-27-43-28-34/h1-14,16,18,20,28,35,37,40,42-43H,15,17,19,21-27H2. The van der Waals surface area contributed by atoms with Crippen LogP contribution in [-0.2, 0) is 0 Å². The molecule has 0 saturated heterocycles. The molecule has 1 heterocycles. The lowest BCUT2D eigenvalue weighted by atomic mass is 9.62. The zero-order valence-corrected chi connectivity index (χ0v) is 25.3. The molecule has 6 aliphatic carbocycles. The average molecular weight is 562 g/mol. The molecule has 0 radical (unpaired) electrons. The van der Waals surface area contributed by atoms with Gasteiger partial charge in [-0.05, 0) is 120 Å². The Kier molecular flexibility index (Phi) is 7.27. The van der Waals surface area contributed by atoms with E-state index < -0.39 is 0 Å². The van der Waals surface area contributed by atoms with Gasteiger partial charge < -0.3 is 5.32 Å². The monoisotopic (exact) mass is 561 g/mol. The highest BCUT2D eigenvalue weighted by Crippen LogP contribution is 2.52. The van der Waals surface area contributed by atoms with Crippen LogP contribution < -0.4 is 5.32 Å². The Labute approximate surface area is 257 Å². The summed E-state index contributed by atoms with van der Waals surface area (Å²) in [7, 11) is 0. The first kappa shape index (κ1) is 26.8. The van der Waals surface area contributed by atoms with E-state index >= 15 is 0 Å². The summed E-state index contributed by atoms with van der Waals surface area (Å²) in [4.78, 5) is 0. The molecule has 0 spiro atoms. The zero-order valence-electron chi connectivity index (χ0n) is 25.3. The minimum atomic E-state index is 0.500. The SMILES string of the molecule is C1=CC2=C(C3=CC=C(C4=CC=C(C5=CNCC5)CC4)CC3)CCC(C3=C4C=CC=CC4C(c4ccccc4)CC3)C2C=C1. The number of nitrogens with one attached hydrogen (secondary N) is 1. The van der Waals surface area contributed by atoms with Gasteiger partial charge in [-0.15, -0.1) is 0 Å². The van der Waals surface area contributed by atoms with Crippen molar-refractivity contribution in [3.05, 3.63) is 165 Å². The second-order valence-corrected chi connectivity index (χ2v) is 13.3. The first-order chi connectivity index (χ1) is 21.3. The van der Waals surface area contributed by atoms with Gasteiger partial charge in [-0.25, -0.2) is 0 Å². The van der Waals surface area contributed by atoms with Crippen LogP contribution >= 0.6 is 0 Å². The van der Waals surface area contributed by atoms with E-state index in [0.29, 0.717) is 23.7 Å². The van der Waals surface area contributed by atoms with Crippen LogP contribution in [0.25, 0.3) is 0 Å². The molecule has 1 aliphatic heterocycles. The number of allylic oxidation sites excluding steroid dienone is 20. The number of hydrogen-bond donors (Lipinski definition) is 1. The number of fused-ring (bicyclic) bond motifs is 2. The molecule has 1 aromatic carbocycles. The Morgan fingerprint density at radius 2 is 1.16 bits per heavy atom. The van der Waals surface area contributed by atoms with Crippen LogP contribution in [0.15, 0.2) is 160 Å². The van der Waals surface area contributed by atoms with Crippen molar-refractivity contribution < 1.29 is 0 Å². The highest BCUT2D eigenvalue weighted by Gasteiger charge is 2.38. The molecule has 0 amide bonds. The van der Waals surface area contributed by atoms with Gasteiger partial charge in [-0.3, -0.25) is 0 Å². The van der Waals surface area contributed by atoms with Crippen molar-refractivity contribution in [2.45, 2.75) is 63.7 Å². The summed E-state index contributed by atoms with van der Waals surface area (Å²) < 4.78 is 0. The Hall–Kier alpha value is -3.84. The fraction of sp³-hybridized carbons (Fsp3) is 0.333. The topological polar surface area (TPSA) is 12.0 Å². The number of benzene rings is 1. The number of rotatable bonds is 5. The molecule has 1 aromatic rings. The maximum atomic E-state index is 3.38. The van der Waals surface area contributed by atoms with Crippen molar-refractivity contribution in [3.8, 4) is 0 Å². The predicted octanol–water partition coefficient (Wildman–Crippen LogP) is 10.2. The molecule has 1 heteroatoms. The molecule has 0 bridgehead atoms. The van der Waals surface area contributed by atoms with Gasteiger partial charge in [0.1, 0.15) is 0 Å².